The Morgan fingerprint density at radius 1 is 1.09 bits per heavy atom. The number of piperidine rings is 1. The van der Waals surface area contributed by atoms with Gasteiger partial charge in [0.25, 0.3) is 0 Å². The Balaban J connectivity index is 1.46. The van der Waals surface area contributed by atoms with Gasteiger partial charge in [-0.15, -0.1) is 0 Å². The fourth-order valence-corrected chi connectivity index (χ4v) is 3.87. The molecule has 0 bridgehead atoms. The molecule has 5 nitrogen and oxygen atoms in total. The van der Waals surface area contributed by atoms with Crippen molar-refractivity contribution in [3.8, 4) is 0 Å². The van der Waals surface area contributed by atoms with Crippen molar-refractivity contribution in [2.24, 2.45) is 5.73 Å². The highest BCUT2D eigenvalue weighted by molar-refractivity contribution is 5.37. The molecule has 1 aromatic heterocycles. The number of rotatable bonds is 3. The third-order valence-corrected chi connectivity index (χ3v) is 4.95. The van der Waals surface area contributed by atoms with E-state index in [-0.39, 0.29) is 6.04 Å². The minimum Gasteiger partial charge on any atom is -0.339 e. The number of hydrogen-bond acceptors (Lipinski definition) is 5. The van der Waals surface area contributed by atoms with Crippen LogP contribution in [-0.2, 0) is 0 Å². The number of nitrogens with two attached hydrogens (primary N) is 1. The molecular weight excluding hydrogens is 286 g/mol. The topological polar surface area (TPSA) is 67.1 Å². The average molecular weight is 309 g/mol. The molecule has 23 heavy (non-hydrogen) atoms. The van der Waals surface area contributed by atoms with Crippen molar-refractivity contribution in [2.45, 2.75) is 37.4 Å². The second kappa shape index (κ2) is 6.26. The molecule has 4 rings (SSSR count). The van der Waals surface area contributed by atoms with Crippen LogP contribution in [0.25, 0.3) is 0 Å². The molecule has 1 aliphatic carbocycles. The van der Waals surface area contributed by atoms with Gasteiger partial charge in [-0.25, -0.2) is 9.97 Å². The van der Waals surface area contributed by atoms with Gasteiger partial charge in [-0.05, 0) is 36.5 Å². The molecule has 1 saturated heterocycles. The maximum atomic E-state index is 6.29. The summed E-state index contributed by atoms with van der Waals surface area (Å²) in [4.78, 5) is 11.0. The zero-order valence-corrected chi connectivity index (χ0v) is 13.2. The number of hydrogen-bond donors (Lipinski definition) is 2. The van der Waals surface area contributed by atoms with Crippen LogP contribution in [0.3, 0.4) is 0 Å². The molecule has 2 aromatic rings. The smallest absolute Gasteiger partial charge is 0.225 e. The van der Waals surface area contributed by atoms with Crippen molar-refractivity contribution in [1.82, 2.24) is 15.3 Å². The van der Waals surface area contributed by atoms with Crippen LogP contribution in [0.4, 0.5) is 5.95 Å². The number of aromatic nitrogens is 2. The third kappa shape index (κ3) is 2.94. The fraction of sp³-hybridized carbons (Fsp3) is 0.444. The molecule has 5 heteroatoms. The summed E-state index contributed by atoms with van der Waals surface area (Å²) in [5.74, 6) is 0.836. The summed E-state index contributed by atoms with van der Waals surface area (Å²) in [6.45, 7) is 1.99. The van der Waals surface area contributed by atoms with E-state index in [0.29, 0.717) is 12.1 Å². The van der Waals surface area contributed by atoms with Crippen molar-refractivity contribution in [1.29, 1.82) is 0 Å². The second-order valence-electron chi connectivity index (χ2n) is 6.52. The Hall–Kier alpha value is -1.98. The lowest BCUT2D eigenvalue weighted by atomic mass is 10.0. The normalized spacial score (nSPS) is 27.0. The van der Waals surface area contributed by atoms with Gasteiger partial charge in [-0.2, -0.15) is 0 Å². The molecule has 1 fully saturated rings. The van der Waals surface area contributed by atoms with E-state index in [2.05, 4.69) is 44.5 Å². The summed E-state index contributed by atoms with van der Waals surface area (Å²) in [5.41, 5.74) is 8.95. The molecule has 3 atom stereocenters. The molecule has 0 radical (unpaired) electrons. The Labute approximate surface area is 136 Å². The van der Waals surface area contributed by atoms with Crippen LogP contribution in [0.1, 0.15) is 42.5 Å². The van der Waals surface area contributed by atoms with Gasteiger partial charge in [0.2, 0.25) is 5.95 Å². The van der Waals surface area contributed by atoms with Crippen molar-refractivity contribution in [3.05, 3.63) is 53.9 Å². The largest absolute Gasteiger partial charge is 0.339 e. The minimum absolute atomic E-state index is 0.154. The molecule has 3 unspecified atom stereocenters. The minimum atomic E-state index is 0.154. The van der Waals surface area contributed by atoms with Crippen LogP contribution in [0.5, 0.6) is 0 Å². The molecule has 0 saturated carbocycles. The van der Waals surface area contributed by atoms with Gasteiger partial charge in [-0.3, -0.25) is 0 Å². The molecule has 1 aliphatic heterocycles. The second-order valence-corrected chi connectivity index (χ2v) is 6.52. The van der Waals surface area contributed by atoms with Crippen molar-refractivity contribution in [3.63, 3.8) is 0 Å². The molecule has 2 aliphatic rings. The SMILES string of the molecule is NC1CC(NC2CCCN(c3ncccn3)C2)c2ccccc21. The van der Waals surface area contributed by atoms with Crippen LogP contribution < -0.4 is 16.0 Å². The monoisotopic (exact) mass is 309 g/mol. The lowest BCUT2D eigenvalue weighted by Crippen LogP contribution is -2.47. The average Bonchev–Trinajstić information content (AvgIpc) is 2.92. The number of benzene rings is 1. The Kier molecular flexibility index (Phi) is 3.97. The Morgan fingerprint density at radius 3 is 2.70 bits per heavy atom. The summed E-state index contributed by atoms with van der Waals surface area (Å²) >= 11 is 0. The fourth-order valence-electron chi connectivity index (χ4n) is 3.87. The van der Waals surface area contributed by atoms with Crippen LogP contribution in [-0.4, -0.2) is 29.1 Å². The first-order valence-corrected chi connectivity index (χ1v) is 8.43. The first kappa shape index (κ1) is 14.6. The lowest BCUT2D eigenvalue weighted by Gasteiger charge is -2.35. The Morgan fingerprint density at radius 2 is 1.87 bits per heavy atom. The first-order valence-electron chi connectivity index (χ1n) is 8.43. The van der Waals surface area contributed by atoms with Gasteiger partial charge in [0.05, 0.1) is 0 Å². The summed E-state index contributed by atoms with van der Waals surface area (Å²) in [5, 5.41) is 3.83. The van der Waals surface area contributed by atoms with E-state index in [0.717, 1.165) is 31.9 Å². The van der Waals surface area contributed by atoms with Crippen LogP contribution >= 0.6 is 0 Å². The van der Waals surface area contributed by atoms with Crippen molar-refractivity contribution < 1.29 is 0 Å². The standard InChI is InChI=1S/C18H23N5/c19-16-11-17(15-7-2-1-6-14(15)16)22-13-5-3-10-23(12-13)18-20-8-4-9-21-18/h1-2,4,6-9,13,16-17,22H,3,5,10-12,19H2. The zero-order valence-electron chi connectivity index (χ0n) is 13.2. The van der Waals surface area contributed by atoms with E-state index in [9.17, 15) is 0 Å². The predicted octanol–water partition coefficient (Wildman–Crippen LogP) is 2.18. The lowest BCUT2D eigenvalue weighted by molar-refractivity contribution is 0.366. The third-order valence-electron chi connectivity index (χ3n) is 4.95. The van der Waals surface area contributed by atoms with E-state index in [4.69, 9.17) is 5.73 Å². The highest BCUT2D eigenvalue weighted by Gasteiger charge is 2.31. The number of nitrogens with one attached hydrogen (secondary N) is 1. The van der Waals surface area contributed by atoms with Crippen LogP contribution in [0, 0.1) is 0 Å². The van der Waals surface area contributed by atoms with E-state index >= 15 is 0 Å². The number of anilines is 1. The summed E-state index contributed by atoms with van der Waals surface area (Å²) in [6.07, 6.45) is 6.96. The predicted molar refractivity (Wildman–Crippen MR) is 91.1 cm³/mol. The van der Waals surface area contributed by atoms with Gasteiger partial charge in [-0.1, -0.05) is 24.3 Å². The molecule has 0 amide bonds. The maximum absolute atomic E-state index is 6.29. The van der Waals surface area contributed by atoms with Crippen molar-refractivity contribution >= 4 is 5.95 Å². The Bertz CT molecular complexity index is 659. The summed E-state index contributed by atoms with van der Waals surface area (Å²) < 4.78 is 0. The molecule has 2 heterocycles. The van der Waals surface area contributed by atoms with E-state index in [1.807, 2.05) is 18.5 Å². The quantitative estimate of drug-likeness (QED) is 0.909. The highest BCUT2D eigenvalue weighted by Crippen LogP contribution is 2.37. The van der Waals surface area contributed by atoms with Crippen LogP contribution in [0.15, 0.2) is 42.7 Å². The van der Waals surface area contributed by atoms with Gasteiger partial charge in [0.15, 0.2) is 0 Å². The number of fused-ring (bicyclic) bond motifs is 1. The zero-order chi connectivity index (χ0) is 15.6. The summed E-state index contributed by atoms with van der Waals surface area (Å²) in [6, 6.07) is 11.4. The first-order chi connectivity index (χ1) is 11.3. The highest BCUT2D eigenvalue weighted by atomic mass is 15.3. The molecule has 120 valence electrons. The maximum Gasteiger partial charge on any atom is 0.225 e. The van der Waals surface area contributed by atoms with Crippen molar-refractivity contribution in [2.75, 3.05) is 18.0 Å². The van der Waals surface area contributed by atoms with Crippen LogP contribution in [0.2, 0.25) is 0 Å². The number of nitrogens with zero attached hydrogens (tertiary/aromatic N) is 3. The van der Waals surface area contributed by atoms with Gasteiger partial charge in [0, 0.05) is 43.6 Å². The van der Waals surface area contributed by atoms with Gasteiger partial charge in [0.1, 0.15) is 0 Å². The van der Waals surface area contributed by atoms with E-state index < -0.39 is 0 Å². The van der Waals surface area contributed by atoms with Gasteiger partial charge >= 0.3 is 0 Å². The summed E-state index contributed by atoms with van der Waals surface area (Å²) in [7, 11) is 0. The van der Waals surface area contributed by atoms with Gasteiger partial charge < -0.3 is 16.0 Å². The van der Waals surface area contributed by atoms with E-state index in [1.165, 1.54) is 17.5 Å². The molecule has 1 aromatic carbocycles. The molecule has 3 N–H and O–H groups in total. The molecule has 0 spiro atoms. The van der Waals surface area contributed by atoms with E-state index in [1.54, 1.807) is 0 Å². The molecular formula is C18H23N5.